The van der Waals surface area contributed by atoms with Crippen LogP contribution in [0.1, 0.15) is 40.0 Å². The first-order valence-corrected chi connectivity index (χ1v) is 4.23. The SMILES string of the molecule is C/C=C(\C)CCCC(=O)C(C)=O. The lowest BCUT2D eigenvalue weighted by atomic mass is 10.1. The Labute approximate surface area is 73.7 Å². The summed E-state index contributed by atoms with van der Waals surface area (Å²) in [6.07, 6.45) is 4.11. The molecule has 0 saturated heterocycles. The van der Waals surface area contributed by atoms with Crippen molar-refractivity contribution in [3.63, 3.8) is 0 Å². The molecule has 0 aliphatic heterocycles. The summed E-state index contributed by atoms with van der Waals surface area (Å²) in [5.41, 5.74) is 1.27. The van der Waals surface area contributed by atoms with Crippen molar-refractivity contribution in [2.75, 3.05) is 0 Å². The van der Waals surface area contributed by atoms with E-state index in [1.54, 1.807) is 0 Å². The summed E-state index contributed by atoms with van der Waals surface area (Å²) in [5, 5.41) is 0. The van der Waals surface area contributed by atoms with Gasteiger partial charge in [-0.3, -0.25) is 9.59 Å². The van der Waals surface area contributed by atoms with Crippen molar-refractivity contribution in [1.29, 1.82) is 0 Å². The van der Waals surface area contributed by atoms with E-state index in [1.165, 1.54) is 12.5 Å². The van der Waals surface area contributed by atoms with E-state index >= 15 is 0 Å². The summed E-state index contributed by atoms with van der Waals surface area (Å²) in [6, 6.07) is 0. The van der Waals surface area contributed by atoms with Gasteiger partial charge in [-0.05, 0) is 26.7 Å². The maximum absolute atomic E-state index is 10.8. The zero-order valence-electron chi connectivity index (χ0n) is 8.02. The molecule has 12 heavy (non-hydrogen) atoms. The van der Waals surface area contributed by atoms with Gasteiger partial charge in [0.15, 0.2) is 11.6 Å². The molecule has 0 aromatic carbocycles. The van der Waals surface area contributed by atoms with Crippen LogP contribution >= 0.6 is 0 Å². The maximum Gasteiger partial charge on any atom is 0.198 e. The highest BCUT2D eigenvalue weighted by Crippen LogP contribution is 2.06. The first-order chi connectivity index (χ1) is 5.57. The van der Waals surface area contributed by atoms with Gasteiger partial charge in [0.2, 0.25) is 0 Å². The molecule has 68 valence electrons. The zero-order chi connectivity index (χ0) is 9.56. The number of carbonyl (C=O) groups is 2. The minimum Gasteiger partial charge on any atom is -0.291 e. The Bertz CT molecular complexity index is 202. The lowest BCUT2D eigenvalue weighted by molar-refractivity contribution is -0.135. The van der Waals surface area contributed by atoms with E-state index in [-0.39, 0.29) is 11.6 Å². The molecule has 2 heteroatoms. The van der Waals surface area contributed by atoms with Crippen LogP contribution in [0.2, 0.25) is 0 Å². The Hall–Kier alpha value is -0.920. The number of hydrogen-bond donors (Lipinski definition) is 0. The molecular formula is C10H16O2. The lowest BCUT2D eigenvalue weighted by Gasteiger charge is -1.98. The Balaban J connectivity index is 3.58. The molecule has 0 unspecified atom stereocenters. The first kappa shape index (κ1) is 11.1. The van der Waals surface area contributed by atoms with Crippen molar-refractivity contribution in [3.8, 4) is 0 Å². The van der Waals surface area contributed by atoms with E-state index in [9.17, 15) is 9.59 Å². The second-order valence-corrected chi connectivity index (χ2v) is 2.97. The number of ketones is 2. The van der Waals surface area contributed by atoms with Crippen LogP contribution in [0.25, 0.3) is 0 Å². The average molecular weight is 168 g/mol. The van der Waals surface area contributed by atoms with Gasteiger partial charge in [0.25, 0.3) is 0 Å². The van der Waals surface area contributed by atoms with Crippen LogP contribution in [0.3, 0.4) is 0 Å². The van der Waals surface area contributed by atoms with Crippen molar-refractivity contribution < 1.29 is 9.59 Å². The van der Waals surface area contributed by atoms with Crippen molar-refractivity contribution in [3.05, 3.63) is 11.6 Å². The zero-order valence-corrected chi connectivity index (χ0v) is 8.02. The van der Waals surface area contributed by atoms with Gasteiger partial charge in [-0.2, -0.15) is 0 Å². The van der Waals surface area contributed by atoms with Gasteiger partial charge in [-0.15, -0.1) is 0 Å². The Morgan fingerprint density at radius 2 is 1.75 bits per heavy atom. The molecule has 0 fully saturated rings. The monoisotopic (exact) mass is 168 g/mol. The molecule has 0 spiro atoms. The van der Waals surface area contributed by atoms with E-state index in [1.807, 2.05) is 19.9 Å². The fraction of sp³-hybridized carbons (Fsp3) is 0.600. The second-order valence-electron chi connectivity index (χ2n) is 2.97. The topological polar surface area (TPSA) is 34.1 Å². The average Bonchev–Trinajstić information content (AvgIpc) is 2.03. The smallest absolute Gasteiger partial charge is 0.198 e. The number of carbonyl (C=O) groups excluding carboxylic acids is 2. The van der Waals surface area contributed by atoms with Gasteiger partial charge in [-0.25, -0.2) is 0 Å². The third kappa shape index (κ3) is 4.83. The molecule has 0 saturated carbocycles. The van der Waals surface area contributed by atoms with Crippen LogP contribution < -0.4 is 0 Å². The number of allylic oxidation sites excluding steroid dienone is 2. The number of rotatable bonds is 5. The highest BCUT2D eigenvalue weighted by molar-refractivity contribution is 6.36. The van der Waals surface area contributed by atoms with Crippen molar-refractivity contribution in [2.45, 2.75) is 40.0 Å². The van der Waals surface area contributed by atoms with Gasteiger partial charge >= 0.3 is 0 Å². The molecule has 0 radical (unpaired) electrons. The van der Waals surface area contributed by atoms with Crippen molar-refractivity contribution in [1.82, 2.24) is 0 Å². The third-order valence-electron chi connectivity index (χ3n) is 1.86. The van der Waals surface area contributed by atoms with E-state index in [0.717, 1.165) is 12.8 Å². The molecule has 0 aliphatic rings. The van der Waals surface area contributed by atoms with Gasteiger partial charge in [0.1, 0.15) is 0 Å². The standard InChI is InChI=1S/C10H16O2/c1-4-8(2)6-5-7-10(12)9(3)11/h4H,5-7H2,1-3H3/b8-4+. The molecule has 0 aromatic rings. The van der Waals surface area contributed by atoms with E-state index in [0.29, 0.717) is 6.42 Å². The van der Waals surface area contributed by atoms with Gasteiger partial charge in [0, 0.05) is 13.3 Å². The summed E-state index contributed by atoms with van der Waals surface area (Å²) < 4.78 is 0. The van der Waals surface area contributed by atoms with Crippen molar-refractivity contribution >= 4 is 11.6 Å². The predicted molar refractivity (Wildman–Crippen MR) is 49.0 cm³/mol. The molecule has 0 rings (SSSR count). The minimum atomic E-state index is -0.326. The summed E-state index contributed by atoms with van der Waals surface area (Å²) in [5.74, 6) is -0.577. The highest BCUT2D eigenvalue weighted by atomic mass is 16.2. The molecule has 0 amide bonds. The Morgan fingerprint density at radius 1 is 1.17 bits per heavy atom. The second kappa shape index (κ2) is 5.70. The number of Topliss-reactive ketones (excluding diaryl/α,β-unsaturated/α-hetero) is 2. The highest BCUT2D eigenvalue weighted by Gasteiger charge is 2.06. The van der Waals surface area contributed by atoms with E-state index in [2.05, 4.69) is 0 Å². The molecule has 0 N–H and O–H groups in total. The number of hydrogen-bond acceptors (Lipinski definition) is 2. The molecule has 0 aliphatic carbocycles. The summed E-state index contributed by atoms with van der Waals surface area (Å²) in [7, 11) is 0. The molecule has 0 heterocycles. The lowest BCUT2D eigenvalue weighted by Crippen LogP contribution is -2.08. The molecule has 2 nitrogen and oxygen atoms in total. The summed E-state index contributed by atoms with van der Waals surface area (Å²) >= 11 is 0. The minimum absolute atomic E-state index is 0.251. The van der Waals surface area contributed by atoms with Gasteiger partial charge in [-0.1, -0.05) is 11.6 Å². The van der Waals surface area contributed by atoms with Crippen LogP contribution in [0.15, 0.2) is 11.6 Å². The summed E-state index contributed by atoms with van der Waals surface area (Å²) in [4.78, 5) is 21.4. The maximum atomic E-state index is 10.8. The van der Waals surface area contributed by atoms with Gasteiger partial charge < -0.3 is 0 Å². The van der Waals surface area contributed by atoms with Crippen LogP contribution in [0.5, 0.6) is 0 Å². The quantitative estimate of drug-likeness (QED) is 0.466. The molecule has 0 aromatic heterocycles. The van der Waals surface area contributed by atoms with Crippen LogP contribution in [-0.4, -0.2) is 11.6 Å². The first-order valence-electron chi connectivity index (χ1n) is 4.23. The van der Waals surface area contributed by atoms with E-state index in [4.69, 9.17) is 0 Å². The molecule has 0 atom stereocenters. The van der Waals surface area contributed by atoms with E-state index < -0.39 is 0 Å². The fourth-order valence-corrected chi connectivity index (χ4v) is 0.848. The van der Waals surface area contributed by atoms with Crippen LogP contribution in [0, 0.1) is 0 Å². The van der Waals surface area contributed by atoms with Crippen molar-refractivity contribution in [2.24, 2.45) is 0 Å². The normalized spacial score (nSPS) is 11.4. The van der Waals surface area contributed by atoms with Crippen LogP contribution in [-0.2, 0) is 9.59 Å². The largest absolute Gasteiger partial charge is 0.291 e. The summed E-state index contributed by atoms with van der Waals surface area (Å²) in [6.45, 7) is 5.32. The van der Waals surface area contributed by atoms with Gasteiger partial charge in [0.05, 0.1) is 0 Å². The fourth-order valence-electron chi connectivity index (χ4n) is 0.848. The Morgan fingerprint density at radius 3 is 2.17 bits per heavy atom. The molecular weight excluding hydrogens is 152 g/mol. The third-order valence-corrected chi connectivity index (χ3v) is 1.86. The molecule has 0 bridgehead atoms. The Kier molecular flexibility index (Phi) is 5.26. The van der Waals surface area contributed by atoms with Crippen LogP contribution in [0.4, 0.5) is 0 Å². The predicted octanol–water partition coefficient (Wildman–Crippen LogP) is 2.28.